The molecule has 9 heteroatoms. The molecule has 1 saturated heterocycles. The van der Waals surface area contributed by atoms with Crippen LogP contribution in [-0.4, -0.2) is 61.1 Å². The van der Waals surface area contributed by atoms with Crippen LogP contribution < -0.4 is 9.62 Å². The SMILES string of the molecule is Cn1cnc2ccc(C3CCC(CO[C@@H]4CN(c5ccccn5)CC[C@@H]4NS(C)(=O)=O)CC3)cc21. The third-order valence-electron chi connectivity index (χ3n) is 7.51. The summed E-state index contributed by atoms with van der Waals surface area (Å²) in [5.74, 6) is 1.97. The van der Waals surface area contributed by atoms with Crippen LogP contribution in [0.25, 0.3) is 11.0 Å². The average molecular weight is 498 g/mol. The highest BCUT2D eigenvalue weighted by Crippen LogP contribution is 2.37. The number of pyridine rings is 1. The lowest BCUT2D eigenvalue weighted by atomic mass is 9.79. The first kappa shape index (κ1) is 24.2. The van der Waals surface area contributed by atoms with Gasteiger partial charge in [-0.3, -0.25) is 0 Å². The highest BCUT2D eigenvalue weighted by atomic mass is 32.2. The summed E-state index contributed by atoms with van der Waals surface area (Å²) in [6.45, 7) is 2.04. The van der Waals surface area contributed by atoms with E-state index in [0.29, 0.717) is 31.4 Å². The van der Waals surface area contributed by atoms with Crippen molar-refractivity contribution in [3.8, 4) is 0 Å². The molecule has 3 aromatic rings. The van der Waals surface area contributed by atoms with Crippen LogP contribution in [0.15, 0.2) is 48.9 Å². The van der Waals surface area contributed by atoms with E-state index < -0.39 is 10.0 Å². The van der Waals surface area contributed by atoms with Crippen LogP contribution in [0.3, 0.4) is 0 Å². The number of aryl methyl sites for hydroxylation is 1. The molecule has 0 bridgehead atoms. The number of anilines is 1. The maximum Gasteiger partial charge on any atom is 0.209 e. The molecule has 188 valence electrons. The van der Waals surface area contributed by atoms with E-state index in [2.05, 4.69) is 42.4 Å². The molecule has 0 amide bonds. The van der Waals surface area contributed by atoms with E-state index in [0.717, 1.165) is 43.6 Å². The van der Waals surface area contributed by atoms with Crippen LogP contribution in [0.2, 0.25) is 0 Å². The van der Waals surface area contributed by atoms with Crippen molar-refractivity contribution in [1.82, 2.24) is 19.3 Å². The molecule has 0 radical (unpaired) electrons. The Bertz CT molecular complexity index is 1240. The summed E-state index contributed by atoms with van der Waals surface area (Å²) in [6, 6.07) is 12.3. The number of imidazole rings is 1. The van der Waals surface area contributed by atoms with E-state index in [9.17, 15) is 8.42 Å². The van der Waals surface area contributed by atoms with Gasteiger partial charge in [-0.15, -0.1) is 0 Å². The molecule has 0 spiro atoms. The minimum absolute atomic E-state index is 0.203. The van der Waals surface area contributed by atoms with Crippen LogP contribution in [0.5, 0.6) is 0 Å². The molecule has 8 nitrogen and oxygen atoms in total. The molecular formula is C26H35N5O3S. The Morgan fingerprint density at radius 3 is 2.66 bits per heavy atom. The van der Waals surface area contributed by atoms with Gasteiger partial charge >= 0.3 is 0 Å². The molecular weight excluding hydrogens is 462 g/mol. The van der Waals surface area contributed by atoms with Crippen molar-refractivity contribution in [2.75, 3.05) is 30.9 Å². The Balaban J connectivity index is 1.19. The topological polar surface area (TPSA) is 89.3 Å². The molecule has 5 rings (SSSR count). The lowest BCUT2D eigenvalue weighted by Gasteiger charge is -2.40. The second-order valence-electron chi connectivity index (χ2n) is 10.1. The number of rotatable bonds is 7. The highest BCUT2D eigenvalue weighted by molar-refractivity contribution is 7.88. The van der Waals surface area contributed by atoms with Crippen LogP contribution >= 0.6 is 0 Å². The summed E-state index contributed by atoms with van der Waals surface area (Å²) in [4.78, 5) is 11.1. The Morgan fingerprint density at radius 2 is 1.91 bits per heavy atom. The molecule has 3 heterocycles. The van der Waals surface area contributed by atoms with E-state index in [1.54, 1.807) is 6.20 Å². The number of hydrogen-bond acceptors (Lipinski definition) is 6. The van der Waals surface area contributed by atoms with E-state index in [1.807, 2.05) is 31.6 Å². The van der Waals surface area contributed by atoms with E-state index >= 15 is 0 Å². The number of piperidine rings is 1. The molecule has 2 atom stereocenters. The lowest BCUT2D eigenvalue weighted by Crippen LogP contribution is -2.55. The normalized spacial score (nSPS) is 25.7. The van der Waals surface area contributed by atoms with Gasteiger partial charge in [0.05, 0.1) is 35.8 Å². The van der Waals surface area contributed by atoms with Gasteiger partial charge in [-0.1, -0.05) is 12.1 Å². The zero-order valence-corrected chi connectivity index (χ0v) is 21.3. The summed E-state index contributed by atoms with van der Waals surface area (Å²) >= 11 is 0. The van der Waals surface area contributed by atoms with E-state index in [-0.39, 0.29) is 12.1 Å². The van der Waals surface area contributed by atoms with Crippen molar-refractivity contribution < 1.29 is 13.2 Å². The zero-order valence-electron chi connectivity index (χ0n) is 20.5. The maximum absolute atomic E-state index is 12.0. The largest absolute Gasteiger partial charge is 0.374 e. The molecule has 1 aliphatic heterocycles. The van der Waals surface area contributed by atoms with Gasteiger partial charge in [-0.25, -0.2) is 23.1 Å². The third-order valence-corrected chi connectivity index (χ3v) is 8.24. The molecule has 1 N–H and O–H groups in total. The van der Waals surface area contributed by atoms with Crippen LogP contribution in [0.4, 0.5) is 5.82 Å². The fraction of sp³-hybridized carbons (Fsp3) is 0.538. The first-order valence-corrected chi connectivity index (χ1v) is 14.4. The lowest BCUT2D eigenvalue weighted by molar-refractivity contribution is -0.00128. The van der Waals surface area contributed by atoms with Crippen molar-refractivity contribution in [2.24, 2.45) is 13.0 Å². The quantitative estimate of drug-likeness (QED) is 0.538. The van der Waals surface area contributed by atoms with Crippen molar-refractivity contribution in [2.45, 2.75) is 50.2 Å². The van der Waals surface area contributed by atoms with Gasteiger partial charge < -0.3 is 14.2 Å². The molecule has 2 fully saturated rings. The monoisotopic (exact) mass is 497 g/mol. The molecule has 1 aromatic carbocycles. The van der Waals surface area contributed by atoms with Gasteiger partial charge in [-0.2, -0.15) is 0 Å². The minimum Gasteiger partial charge on any atom is -0.374 e. The second-order valence-corrected chi connectivity index (χ2v) is 11.9. The summed E-state index contributed by atoms with van der Waals surface area (Å²) < 4.78 is 35.2. The molecule has 0 unspecified atom stereocenters. The molecule has 2 aliphatic rings. The van der Waals surface area contributed by atoms with Gasteiger partial charge in [0, 0.05) is 32.9 Å². The van der Waals surface area contributed by atoms with Gasteiger partial charge in [0.25, 0.3) is 0 Å². The van der Waals surface area contributed by atoms with Crippen LogP contribution in [-0.2, 0) is 21.8 Å². The standard InChI is InChI=1S/C26H35N5O3S/c1-30-18-28-22-11-10-21(15-24(22)30)20-8-6-19(7-9-20)17-34-25-16-31(26-5-3-4-13-27-26)14-12-23(25)29-35(2,32)33/h3-5,10-11,13,15,18-20,23,25,29H,6-9,12,14,16-17H2,1-2H3/t19?,20?,23-,25+/m0/s1. The summed E-state index contributed by atoms with van der Waals surface area (Å²) in [6.07, 6.45) is 9.90. The highest BCUT2D eigenvalue weighted by Gasteiger charge is 2.33. The molecule has 1 saturated carbocycles. The van der Waals surface area contributed by atoms with Gasteiger partial charge in [0.1, 0.15) is 5.82 Å². The first-order valence-electron chi connectivity index (χ1n) is 12.5. The predicted molar refractivity (Wildman–Crippen MR) is 138 cm³/mol. The number of ether oxygens (including phenoxy) is 1. The Morgan fingerprint density at radius 1 is 1.09 bits per heavy atom. The summed E-state index contributed by atoms with van der Waals surface area (Å²) in [7, 11) is -1.26. The third kappa shape index (κ3) is 5.85. The number of aromatic nitrogens is 3. The van der Waals surface area contributed by atoms with Crippen molar-refractivity contribution in [3.63, 3.8) is 0 Å². The Labute approximate surface area is 207 Å². The number of nitrogens with one attached hydrogen (secondary N) is 1. The molecule has 1 aliphatic carbocycles. The number of hydrogen-bond donors (Lipinski definition) is 1. The number of fused-ring (bicyclic) bond motifs is 1. The Hall–Kier alpha value is -2.49. The zero-order chi connectivity index (χ0) is 24.4. The predicted octanol–water partition coefficient (Wildman–Crippen LogP) is 3.46. The van der Waals surface area contributed by atoms with Gasteiger partial charge in [-0.05, 0) is 73.8 Å². The molecule has 2 aromatic heterocycles. The number of benzene rings is 1. The number of nitrogens with zero attached hydrogens (tertiary/aromatic N) is 4. The van der Waals surface area contributed by atoms with Crippen molar-refractivity contribution in [3.05, 3.63) is 54.5 Å². The number of sulfonamides is 1. The Kier molecular flexibility index (Phi) is 7.09. The smallest absolute Gasteiger partial charge is 0.209 e. The van der Waals surface area contributed by atoms with E-state index in [1.165, 1.54) is 17.3 Å². The van der Waals surface area contributed by atoms with Crippen LogP contribution in [0, 0.1) is 5.92 Å². The maximum atomic E-state index is 12.0. The first-order chi connectivity index (χ1) is 16.9. The summed E-state index contributed by atoms with van der Waals surface area (Å²) in [5.41, 5.74) is 3.63. The second kappa shape index (κ2) is 10.2. The molecule has 35 heavy (non-hydrogen) atoms. The minimum atomic E-state index is -3.30. The average Bonchev–Trinajstić information content (AvgIpc) is 3.23. The van der Waals surface area contributed by atoms with Crippen molar-refractivity contribution in [1.29, 1.82) is 0 Å². The summed E-state index contributed by atoms with van der Waals surface area (Å²) in [5, 5.41) is 0. The van der Waals surface area contributed by atoms with Gasteiger partial charge in [0.15, 0.2) is 0 Å². The van der Waals surface area contributed by atoms with Crippen molar-refractivity contribution >= 4 is 26.9 Å². The fourth-order valence-electron chi connectivity index (χ4n) is 5.56. The van der Waals surface area contributed by atoms with Crippen LogP contribution in [0.1, 0.15) is 43.6 Å². The van der Waals surface area contributed by atoms with Gasteiger partial charge in [0.2, 0.25) is 10.0 Å². The fourth-order valence-corrected chi connectivity index (χ4v) is 6.38. The van der Waals surface area contributed by atoms with E-state index in [4.69, 9.17) is 4.74 Å².